The van der Waals surface area contributed by atoms with Gasteiger partial charge in [-0.2, -0.15) is 5.10 Å². The van der Waals surface area contributed by atoms with Gasteiger partial charge in [0.25, 0.3) is 0 Å². The molecular formula is C16H23N3S. The molecule has 1 aromatic heterocycles. The normalized spacial score (nSPS) is 12.6. The molecule has 4 heteroatoms. The van der Waals surface area contributed by atoms with Gasteiger partial charge >= 0.3 is 0 Å². The summed E-state index contributed by atoms with van der Waals surface area (Å²) in [5.74, 6) is 0. The van der Waals surface area contributed by atoms with Gasteiger partial charge in [-0.25, -0.2) is 0 Å². The molecule has 1 heterocycles. The summed E-state index contributed by atoms with van der Waals surface area (Å²) in [5, 5.41) is 9.15. The van der Waals surface area contributed by atoms with Crippen molar-refractivity contribution < 1.29 is 0 Å². The van der Waals surface area contributed by atoms with E-state index >= 15 is 0 Å². The molecular weight excluding hydrogens is 266 g/mol. The van der Waals surface area contributed by atoms with E-state index in [0.29, 0.717) is 6.04 Å². The van der Waals surface area contributed by atoms with Gasteiger partial charge < -0.3 is 5.32 Å². The Labute approximate surface area is 125 Å². The molecule has 0 aliphatic rings. The van der Waals surface area contributed by atoms with E-state index in [1.165, 1.54) is 15.5 Å². The topological polar surface area (TPSA) is 29.9 Å². The Balaban J connectivity index is 2.21. The fourth-order valence-electron chi connectivity index (χ4n) is 2.20. The number of hydrogen-bond donors (Lipinski definition) is 1. The lowest BCUT2D eigenvalue weighted by atomic mass is 10.1. The Kier molecular flexibility index (Phi) is 5.26. The molecule has 0 fully saturated rings. The van der Waals surface area contributed by atoms with Crippen molar-refractivity contribution in [1.29, 1.82) is 0 Å². The molecule has 20 heavy (non-hydrogen) atoms. The molecule has 0 amide bonds. The van der Waals surface area contributed by atoms with Crippen LogP contribution < -0.4 is 5.32 Å². The van der Waals surface area contributed by atoms with Crippen molar-refractivity contribution in [2.75, 3.05) is 6.54 Å². The number of aryl methyl sites for hydroxylation is 2. The van der Waals surface area contributed by atoms with E-state index in [1.54, 1.807) is 11.8 Å². The summed E-state index contributed by atoms with van der Waals surface area (Å²) in [7, 11) is 2.00. The molecule has 0 bridgehead atoms. The third-order valence-corrected chi connectivity index (χ3v) is 4.44. The summed E-state index contributed by atoms with van der Waals surface area (Å²) < 4.78 is 1.95. The van der Waals surface area contributed by atoms with Crippen LogP contribution in [0.1, 0.15) is 37.6 Å². The van der Waals surface area contributed by atoms with E-state index in [-0.39, 0.29) is 0 Å². The highest BCUT2D eigenvalue weighted by atomic mass is 32.2. The number of rotatable bonds is 6. The first kappa shape index (κ1) is 15.1. The molecule has 0 radical (unpaired) electrons. The molecule has 0 spiro atoms. The van der Waals surface area contributed by atoms with E-state index in [0.717, 1.165) is 18.7 Å². The maximum Gasteiger partial charge on any atom is 0.0987 e. The van der Waals surface area contributed by atoms with Crippen LogP contribution in [0.15, 0.2) is 40.3 Å². The molecule has 0 aliphatic heterocycles. The van der Waals surface area contributed by atoms with Gasteiger partial charge in [0.05, 0.1) is 10.7 Å². The van der Waals surface area contributed by atoms with Crippen LogP contribution in [-0.2, 0) is 7.05 Å². The Morgan fingerprint density at radius 2 is 2.10 bits per heavy atom. The lowest BCUT2D eigenvalue weighted by molar-refractivity contribution is 0.563. The van der Waals surface area contributed by atoms with Crippen LogP contribution in [0.3, 0.4) is 0 Å². The van der Waals surface area contributed by atoms with E-state index in [9.17, 15) is 0 Å². The van der Waals surface area contributed by atoms with Gasteiger partial charge in [0.15, 0.2) is 0 Å². The predicted molar refractivity (Wildman–Crippen MR) is 85.2 cm³/mol. The molecule has 108 valence electrons. The fourth-order valence-corrected chi connectivity index (χ4v) is 3.33. The molecule has 1 unspecified atom stereocenters. The van der Waals surface area contributed by atoms with E-state index in [1.807, 2.05) is 18.7 Å². The number of aromatic nitrogens is 2. The Morgan fingerprint density at radius 3 is 2.75 bits per heavy atom. The second-order valence-electron chi connectivity index (χ2n) is 5.06. The van der Waals surface area contributed by atoms with E-state index in [2.05, 4.69) is 54.6 Å². The number of hydrogen-bond acceptors (Lipinski definition) is 3. The molecule has 2 aromatic rings. The van der Waals surface area contributed by atoms with Crippen LogP contribution >= 0.6 is 11.8 Å². The van der Waals surface area contributed by atoms with Crippen molar-refractivity contribution in [3.63, 3.8) is 0 Å². The fraction of sp³-hybridized carbons (Fsp3) is 0.438. The van der Waals surface area contributed by atoms with Crippen LogP contribution in [0.2, 0.25) is 0 Å². The highest BCUT2D eigenvalue weighted by Gasteiger charge is 2.12. The predicted octanol–water partition coefficient (Wildman–Crippen LogP) is 3.94. The number of nitrogens with zero attached hydrogens (tertiary/aromatic N) is 2. The Bertz CT molecular complexity index is 563. The minimum Gasteiger partial charge on any atom is -0.310 e. The van der Waals surface area contributed by atoms with Crippen molar-refractivity contribution in [2.24, 2.45) is 7.05 Å². The smallest absolute Gasteiger partial charge is 0.0987 e. The van der Waals surface area contributed by atoms with Crippen LogP contribution in [0.4, 0.5) is 0 Å². The minimum absolute atomic E-state index is 0.368. The summed E-state index contributed by atoms with van der Waals surface area (Å²) in [4.78, 5) is 1.30. The second kappa shape index (κ2) is 6.95. The average Bonchev–Trinajstić information content (AvgIpc) is 2.75. The zero-order valence-corrected chi connectivity index (χ0v) is 13.5. The van der Waals surface area contributed by atoms with E-state index < -0.39 is 0 Å². The second-order valence-corrected chi connectivity index (χ2v) is 6.13. The average molecular weight is 289 g/mol. The first-order chi connectivity index (χ1) is 9.61. The van der Waals surface area contributed by atoms with Gasteiger partial charge in [-0.05, 0) is 44.5 Å². The Morgan fingerprint density at radius 1 is 1.35 bits per heavy atom. The molecule has 1 N–H and O–H groups in total. The van der Waals surface area contributed by atoms with Gasteiger partial charge in [-0.3, -0.25) is 4.68 Å². The van der Waals surface area contributed by atoms with Gasteiger partial charge in [-0.15, -0.1) is 0 Å². The molecule has 1 atom stereocenters. The summed E-state index contributed by atoms with van der Waals surface area (Å²) in [6.45, 7) is 7.49. The zero-order chi connectivity index (χ0) is 14.5. The molecule has 1 aromatic carbocycles. The zero-order valence-electron chi connectivity index (χ0n) is 12.7. The molecule has 0 aliphatic carbocycles. The third-order valence-electron chi connectivity index (χ3n) is 3.26. The van der Waals surface area contributed by atoms with Gasteiger partial charge in [0.1, 0.15) is 0 Å². The monoisotopic (exact) mass is 289 g/mol. The molecule has 3 nitrogen and oxygen atoms in total. The largest absolute Gasteiger partial charge is 0.310 e. The SMILES string of the molecule is CCCNC(C)c1ccccc1Sc1cc(C)nn1C. The van der Waals surface area contributed by atoms with Gasteiger partial charge in [0, 0.05) is 18.0 Å². The van der Waals surface area contributed by atoms with Crippen molar-refractivity contribution >= 4 is 11.8 Å². The van der Waals surface area contributed by atoms with Gasteiger partial charge in [0.2, 0.25) is 0 Å². The molecule has 0 saturated heterocycles. The molecule has 0 saturated carbocycles. The summed E-state index contributed by atoms with van der Waals surface area (Å²) >= 11 is 1.78. The van der Waals surface area contributed by atoms with Crippen molar-refractivity contribution in [1.82, 2.24) is 15.1 Å². The number of nitrogens with one attached hydrogen (secondary N) is 1. The standard InChI is InChI=1S/C16H23N3S/c1-5-10-17-13(3)14-8-6-7-9-15(14)20-16-11-12(2)18-19(16)4/h6-9,11,13,17H,5,10H2,1-4H3. The summed E-state index contributed by atoms with van der Waals surface area (Å²) in [5.41, 5.74) is 2.41. The van der Waals surface area contributed by atoms with Crippen LogP contribution in [-0.4, -0.2) is 16.3 Å². The lowest BCUT2D eigenvalue weighted by Crippen LogP contribution is -2.19. The van der Waals surface area contributed by atoms with Crippen molar-refractivity contribution in [3.05, 3.63) is 41.6 Å². The van der Waals surface area contributed by atoms with Crippen LogP contribution in [0, 0.1) is 6.92 Å². The van der Waals surface area contributed by atoms with E-state index in [4.69, 9.17) is 0 Å². The summed E-state index contributed by atoms with van der Waals surface area (Å²) in [6.07, 6.45) is 1.15. The maximum absolute atomic E-state index is 4.41. The number of benzene rings is 1. The Hall–Kier alpha value is -1.26. The molecule has 2 rings (SSSR count). The quantitative estimate of drug-likeness (QED) is 0.873. The third kappa shape index (κ3) is 3.64. The maximum atomic E-state index is 4.41. The van der Waals surface area contributed by atoms with Gasteiger partial charge in [-0.1, -0.05) is 36.9 Å². The van der Waals surface area contributed by atoms with Crippen molar-refractivity contribution in [3.8, 4) is 0 Å². The first-order valence-corrected chi connectivity index (χ1v) is 7.94. The lowest BCUT2D eigenvalue weighted by Gasteiger charge is -2.17. The van der Waals surface area contributed by atoms with Crippen LogP contribution in [0.25, 0.3) is 0 Å². The minimum atomic E-state index is 0.368. The summed E-state index contributed by atoms with van der Waals surface area (Å²) in [6, 6.07) is 11.1. The highest BCUT2D eigenvalue weighted by Crippen LogP contribution is 2.33. The highest BCUT2D eigenvalue weighted by molar-refractivity contribution is 7.99. The first-order valence-electron chi connectivity index (χ1n) is 7.12. The van der Waals surface area contributed by atoms with Crippen LogP contribution in [0.5, 0.6) is 0 Å². The van der Waals surface area contributed by atoms with Crippen molar-refractivity contribution in [2.45, 2.75) is 43.2 Å².